The topological polar surface area (TPSA) is 25.6 Å². The van der Waals surface area contributed by atoms with Crippen molar-refractivity contribution in [2.45, 2.75) is 19.3 Å². The summed E-state index contributed by atoms with van der Waals surface area (Å²) in [7, 11) is 0. The van der Waals surface area contributed by atoms with Crippen molar-refractivity contribution in [3.63, 3.8) is 0 Å². The molecule has 0 unspecified atom stereocenters. The SMILES string of the molecule is [2H]c1c([2H])c([2H])c2c(c1[2H])c1c([2H])c([2H])c([2H])c([2H])c1n2-c1ccc2c(c1)N(c1c(-c3ccccc3)cccc1-c1ccccc1)c1cc(-c3ccc4c(c3)C(C)(C)c3ccccc3O4)cc3c1B2c1ccc(-c2ccc(-n4c5ccccc5c5ccccc54)cc2)cc1N3c1c(-c2ccccc2)cccc1-c1ccccc1. The highest BCUT2D eigenvalue weighted by atomic mass is 16.5. The second kappa shape index (κ2) is 23.9. The number of aromatic nitrogens is 2. The van der Waals surface area contributed by atoms with Gasteiger partial charge in [-0.3, -0.25) is 0 Å². The number of ether oxygens (including phenoxy) is 1. The lowest BCUT2D eigenvalue weighted by molar-refractivity contribution is 0.418. The molecular weight excluding hydrogens is 1270 g/mol. The van der Waals surface area contributed by atoms with Crippen molar-refractivity contribution in [1.29, 1.82) is 0 Å². The van der Waals surface area contributed by atoms with E-state index in [2.05, 4.69) is 319 Å². The summed E-state index contributed by atoms with van der Waals surface area (Å²) in [6, 6.07) is 111. The van der Waals surface area contributed by atoms with E-state index in [-0.39, 0.29) is 33.9 Å². The van der Waals surface area contributed by atoms with E-state index in [9.17, 15) is 8.22 Å². The summed E-state index contributed by atoms with van der Waals surface area (Å²) in [4.78, 5) is 4.97. The molecule has 5 heterocycles. The molecule has 492 valence electrons. The molecule has 0 N–H and O–H groups in total. The summed E-state index contributed by atoms with van der Waals surface area (Å²) in [5.41, 5.74) is 25.4. The monoisotopic (exact) mass is 1350 g/mol. The Balaban J connectivity index is 0.917. The van der Waals surface area contributed by atoms with Crippen molar-refractivity contribution in [3.8, 4) is 89.6 Å². The number of fused-ring (bicyclic) bond motifs is 12. The van der Waals surface area contributed by atoms with Crippen molar-refractivity contribution in [2.24, 2.45) is 0 Å². The Labute approximate surface area is 622 Å². The minimum Gasteiger partial charge on any atom is -0.457 e. The average Bonchev–Trinajstić information content (AvgIpc) is 1.50. The molecule has 16 aromatic carbocycles. The Morgan fingerprint density at radius 3 is 1.25 bits per heavy atom. The first-order valence-corrected chi connectivity index (χ1v) is 35.8. The molecule has 0 spiro atoms. The van der Waals surface area contributed by atoms with Crippen LogP contribution in [-0.2, 0) is 5.41 Å². The fraction of sp³-hybridized carbons (Fsp3) is 0.0303. The third-order valence-electron chi connectivity index (χ3n) is 22.0. The van der Waals surface area contributed by atoms with Gasteiger partial charge < -0.3 is 23.7 Å². The molecule has 0 radical (unpaired) electrons. The van der Waals surface area contributed by atoms with Crippen LogP contribution in [0.2, 0.25) is 0 Å². The maximum absolute atomic E-state index is 9.86. The molecule has 0 bridgehead atoms. The van der Waals surface area contributed by atoms with E-state index >= 15 is 0 Å². The minimum absolute atomic E-state index is 0.000725. The molecule has 21 rings (SSSR count). The first-order valence-electron chi connectivity index (χ1n) is 39.8. The van der Waals surface area contributed by atoms with Crippen LogP contribution >= 0.6 is 0 Å². The third kappa shape index (κ3) is 9.43. The molecule has 0 aliphatic carbocycles. The molecular formula is C99H67BN4O. The lowest BCUT2D eigenvalue weighted by Crippen LogP contribution is -2.61. The summed E-state index contributed by atoms with van der Waals surface area (Å²) in [5, 5.41) is 2.38. The normalized spacial score (nSPS) is 14.2. The third-order valence-corrected chi connectivity index (χ3v) is 22.0. The molecule has 0 atom stereocenters. The highest BCUT2D eigenvalue weighted by Crippen LogP contribution is 2.56. The van der Waals surface area contributed by atoms with Crippen LogP contribution in [0.15, 0.2) is 370 Å². The fourth-order valence-corrected chi connectivity index (χ4v) is 17.2. The maximum Gasteiger partial charge on any atom is 0.252 e. The van der Waals surface area contributed by atoms with Crippen LogP contribution in [-0.4, -0.2) is 15.8 Å². The summed E-state index contributed by atoms with van der Waals surface area (Å²) in [6.07, 6.45) is 0. The van der Waals surface area contributed by atoms with Crippen LogP contribution in [0.25, 0.3) is 122 Å². The summed E-state index contributed by atoms with van der Waals surface area (Å²) in [6.45, 7) is 4.02. The van der Waals surface area contributed by atoms with Gasteiger partial charge in [0.05, 0.1) is 44.4 Å². The average molecular weight is 1350 g/mol. The van der Waals surface area contributed by atoms with E-state index in [0.29, 0.717) is 5.69 Å². The number of nitrogens with zero attached hydrogens (tertiary/aromatic N) is 4. The quantitative estimate of drug-likeness (QED) is 0.128. The van der Waals surface area contributed by atoms with E-state index in [4.69, 9.17) is 7.48 Å². The highest BCUT2D eigenvalue weighted by Gasteiger charge is 2.46. The first kappa shape index (κ1) is 52.6. The van der Waals surface area contributed by atoms with Crippen LogP contribution in [0.1, 0.15) is 35.9 Å². The van der Waals surface area contributed by atoms with Crippen molar-refractivity contribution >= 4 is 101 Å². The summed E-state index contributed by atoms with van der Waals surface area (Å²) in [5.74, 6) is 1.60. The maximum atomic E-state index is 9.86. The van der Waals surface area contributed by atoms with E-state index in [0.717, 1.165) is 157 Å². The number of benzene rings is 16. The van der Waals surface area contributed by atoms with E-state index in [1.807, 2.05) is 30.3 Å². The lowest BCUT2D eigenvalue weighted by Gasteiger charge is -2.46. The van der Waals surface area contributed by atoms with Crippen molar-refractivity contribution < 1.29 is 15.7 Å². The van der Waals surface area contributed by atoms with Gasteiger partial charge in [-0.05, 0) is 146 Å². The van der Waals surface area contributed by atoms with Crippen molar-refractivity contribution in [2.75, 3.05) is 9.80 Å². The smallest absolute Gasteiger partial charge is 0.252 e. The van der Waals surface area contributed by atoms with Crippen LogP contribution in [0.4, 0.5) is 34.1 Å². The Kier molecular flexibility index (Phi) is 11.9. The second-order valence-corrected chi connectivity index (χ2v) is 28.0. The molecule has 2 aromatic heterocycles. The zero-order valence-electron chi connectivity index (χ0n) is 65.4. The number of hydrogen-bond acceptors (Lipinski definition) is 3. The molecule has 18 aromatic rings. The number of para-hydroxylation sites is 7. The van der Waals surface area contributed by atoms with Gasteiger partial charge in [-0.1, -0.05) is 299 Å². The van der Waals surface area contributed by atoms with Gasteiger partial charge in [-0.15, -0.1) is 0 Å². The van der Waals surface area contributed by atoms with Crippen LogP contribution in [0.3, 0.4) is 0 Å². The minimum atomic E-state index is -0.527. The fourth-order valence-electron chi connectivity index (χ4n) is 17.2. The highest BCUT2D eigenvalue weighted by molar-refractivity contribution is 7.00. The molecule has 6 heteroatoms. The molecule has 0 fully saturated rings. The molecule has 105 heavy (non-hydrogen) atoms. The van der Waals surface area contributed by atoms with Gasteiger partial charge >= 0.3 is 0 Å². The largest absolute Gasteiger partial charge is 0.457 e. The van der Waals surface area contributed by atoms with E-state index in [1.54, 1.807) is 4.57 Å². The van der Waals surface area contributed by atoms with Crippen molar-refractivity contribution in [1.82, 2.24) is 9.13 Å². The van der Waals surface area contributed by atoms with Gasteiger partial charge in [-0.25, -0.2) is 0 Å². The first-order chi connectivity index (χ1) is 55.2. The van der Waals surface area contributed by atoms with Gasteiger partial charge in [0.1, 0.15) is 11.5 Å². The van der Waals surface area contributed by atoms with Crippen LogP contribution in [0, 0.1) is 0 Å². The van der Waals surface area contributed by atoms with Crippen LogP contribution < -0.4 is 30.9 Å². The zero-order valence-corrected chi connectivity index (χ0v) is 57.4. The number of hydrogen-bond donors (Lipinski definition) is 0. The Hall–Kier alpha value is -13.4. The Bertz CT molecular complexity index is 6800. The van der Waals surface area contributed by atoms with Gasteiger partial charge in [0.2, 0.25) is 0 Å². The lowest BCUT2D eigenvalue weighted by atomic mass is 9.33. The van der Waals surface area contributed by atoms with Gasteiger partial charge in [0, 0.05) is 94.5 Å². The van der Waals surface area contributed by atoms with E-state index < -0.39 is 48.4 Å². The molecule has 0 amide bonds. The number of rotatable bonds is 10. The Morgan fingerprint density at radius 2 is 0.705 bits per heavy atom. The summed E-state index contributed by atoms with van der Waals surface area (Å²) < 4.78 is 86.5. The molecule has 3 aliphatic heterocycles. The molecule has 3 aliphatic rings. The van der Waals surface area contributed by atoms with Crippen LogP contribution in [0.5, 0.6) is 11.5 Å². The van der Waals surface area contributed by atoms with E-state index in [1.165, 1.54) is 10.8 Å². The molecule has 0 saturated heterocycles. The predicted octanol–water partition coefficient (Wildman–Crippen LogP) is 24.4. The second-order valence-electron chi connectivity index (χ2n) is 28.0. The zero-order chi connectivity index (χ0) is 76.4. The Morgan fingerprint density at radius 1 is 0.295 bits per heavy atom. The summed E-state index contributed by atoms with van der Waals surface area (Å²) >= 11 is 0. The number of anilines is 6. The van der Waals surface area contributed by atoms with Crippen molar-refractivity contribution in [3.05, 3.63) is 381 Å². The van der Waals surface area contributed by atoms with Gasteiger partial charge in [0.15, 0.2) is 0 Å². The predicted molar refractivity (Wildman–Crippen MR) is 440 cm³/mol. The molecule has 0 saturated carbocycles. The standard InChI is InChI=1S/C99H67BN4O/c1-99(2)82-43-19-24-48-94(82)105-95-58-52-69(59-83(95)99)71-61-92-96-93(62-71)104(98-76(67-31-11-5-12-32-67)41-26-42-77(98)68-33-13-6-14-34-68)91-63-73(102-88-46-22-17-37-80(88)81-38-18-23-47-89(81)102)55-57-85(91)100(96)84-56-51-70(64-49-53-72(54-50-64)101-86-44-20-15-35-78(86)79-36-16-21-45-87(79)101)60-90(84)103(92)97-74(65-27-7-3-8-28-65)39-25-40-75(97)66-29-9-4-10-30-66/h3-63H,1-2H3/i17D,18D,22D,23D,37D,38D,46D,47D. The van der Waals surface area contributed by atoms with Gasteiger partial charge in [-0.2, -0.15) is 0 Å². The van der Waals surface area contributed by atoms with Gasteiger partial charge in [0.25, 0.3) is 6.71 Å². The molecule has 5 nitrogen and oxygen atoms in total.